The third-order valence-electron chi connectivity index (χ3n) is 6.00. The van der Waals surface area contributed by atoms with Gasteiger partial charge < -0.3 is 9.88 Å². The van der Waals surface area contributed by atoms with Crippen molar-refractivity contribution in [1.82, 2.24) is 14.8 Å². The van der Waals surface area contributed by atoms with Crippen molar-refractivity contribution in [2.24, 2.45) is 5.92 Å². The van der Waals surface area contributed by atoms with E-state index in [1.54, 1.807) is 0 Å². The molecule has 6 nitrogen and oxygen atoms in total. The van der Waals surface area contributed by atoms with Gasteiger partial charge in [-0.3, -0.25) is 9.69 Å². The van der Waals surface area contributed by atoms with Crippen molar-refractivity contribution in [1.29, 1.82) is 0 Å². The molecule has 1 saturated carbocycles. The van der Waals surface area contributed by atoms with E-state index in [4.69, 9.17) is 0 Å². The summed E-state index contributed by atoms with van der Waals surface area (Å²) in [5, 5.41) is 1.17. The third-order valence-corrected chi connectivity index (χ3v) is 7.70. The summed E-state index contributed by atoms with van der Waals surface area (Å²) in [4.78, 5) is 19.9. The van der Waals surface area contributed by atoms with Crippen molar-refractivity contribution >= 4 is 26.6 Å². The fourth-order valence-corrected chi connectivity index (χ4v) is 6.51. The van der Waals surface area contributed by atoms with E-state index in [9.17, 15) is 13.2 Å². The molecule has 1 amide bonds. The first-order valence-electron chi connectivity index (χ1n) is 9.31. The lowest BCUT2D eigenvalue weighted by Gasteiger charge is -2.44. The normalized spacial score (nSPS) is 28.4. The molecule has 2 aliphatic heterocycles. The van der Waals surface area contributed by atoms with Gasteiger partial charge in [0, 0.05) is 43.3 Å². The number of nitrogens with zero attached hydrogens (tertiary/aromatic N) is 2. The molecule has 0 unspecified atom stereocenters. The van der Waals surface area contributed by atoms with Crippen LogP contribution in [0, 0.1) is 5.92 Å². The van der Waals surface area contributed by atoms with Gasteiger partial charge in [-0.05, 0) is 42.0 Å². The topological polar surface area (TPSA) is 73.5 Å². The minimum absolute atomic E-state index is 0.0848. The molecule has 0 bridgehead atoms. The number of carbonyl (C=O) groups is 1. The molecule has 5 rings (SSSR count). The first-order chi connectivity index (χ1) is 12.5. The van der Waals surface area contributed by atoms with Crippen LogP contribution >= 0.6 is 0 Å². The molecule has 2 aromatic rings. The van der Waals surface area contributed by atoms with Gasteiger partial charge in [0.1, 0.15) is 0 Å². The maximum absolute atomic E-state index is 12.6. The first-order valence-corrected chi connectivity index (χ1v) is 11.1. The SMILES string of the molecule is O=C(C1CC1)N1CCN(Cc2ccc3[nH]ccc3c2)[C@@H]2CS(=O)(=O)C[C@@H]21. The number of aromatic nitrogens is 1. The second-order valence-electron chi connectivity index (χ2n) is 7.89. The van der Waals surface area contributed by atoms with Crippen molar-refractivity contribution in [3.05, 3.63) is 36.0 Å². The molecular weight excluding hydrogens is 350 g/mol. The van der Waals surface area contributed by atoms with E-state index in [1.807, 2.05) is 17.2 Å². The lowest BCUT2D eigenvalue weighted by molar-refractivity contribution is -0.138. The maximum Gasteiger partial charge on any atom is 0.226 e. The van der Waals surface area contributed by atoms with Crippen LogP contribution < -0.4 is 0 Å². The Bertz CT molecular complexity index is 963. The van der Waals surface area contributed by atoms with Gasteiger partial charge in [0.25, 0.3) is 0 Å². The molecule has 1 aromatic heterocycles. The van der Waals surface area contributed by atoms with Gasteiger partial charge in [-0.15, -0.1) is 0 Å². The van der Waals surface area contributed by atoms with Crippen LogP contribution in [-0.4, -0.2) is 65.8 Å². The Balaban J connectivity index is 1.40. The van der Waals surface area contributed by atoms with Crippen molar-refractivity contribution in [3.63, 3.8) is 0 Å². The van der Waals surface area contributed by atoms with Crippen LogP contribution in [-0.2, 0) is 21.2 Å². The van der Waals surface area contributed by atoms with Gasteiger partial charge in [-0.25, -0.2) is 8.42 Å². The molecule has 3 fully saturated rings. The summed E-state index contributed by atoms with van der Waals surface area (Å²) in [6.45, 7) is 2.10. The number of piperazine rings is 1. The monoisotopic (exact) mass is 373 g/mol. The Morgan fingerprint density at radius 1 is 1.12 bits per heavy atom. The fraction of sp³-hybridized carbons (Fsp3) is 0.526. The van der Waals surface area contributed by atoms with E-state index in [0.717, 1.165) is 31.4 Å². The highest BCUT2D eigenvalue weighted by Gasteiger charge is 2.49. The van der Waals surface area contributed by atoms with Crippen molar-refractivity contribution in [2.45, 2.75) is 31.5 Å². The Morgan fingerprint density at radius 3 is 2.73 bits per heavy atom. The van der Waals surface area contributed by atoms with Crippen LogP contribution in [0.5, 0.6) is 0 Å². The number of fused-ring (bicyclic) bond motifs is 2. The molecule has 0 radical (unpaired) electrons. The highest BCUT2D eigenvalue weighted by atomic mass is 32.2. The summed E-state index contributed by atoms with van der Waals surface area (Å²) in [5.41, 5.74) is 2.29. The number of amides is 1. The Kier molecular flexibility index (Phi) is 3.66. The molecule has 26 heavy (non-hydrogen) atoms. The smallest absolute Gasteiger partial charge is 0.226 e. The second-order valence-corrected chi connectivity index (χ2v) is 10.0. The Hall–Kier alpha value is -1.86. The average molecular weight is 373 g/mol. The third kappa shape index (κ3) is 2.83. The first kappa shape index (κ1) is 16.3. The molecule has 3 aliphatic rings. The summed E-state index contributed by atoms with van der Waals surface area (Å²) < 4.78 is 24.6. The minimum Gasteiger partial charge on any atom is -0.361 e. The van der Waals surface area contributed by atoms with E-state index in [0.29, 0.717) is 6.54 Å². The maximum atomic E-state index is 12.6. The number of benzene rings is 1. The van der Waals surface area contributed by atoms with Crippen molar-refractivity contribution in [3.8, 4) is 0 Å². The van der Waals surface area contributed by atoms with Crippen LogP contribution in [0.25, 0.3) is 10.9 Å². The summed E-state index contributed by atoms with van der Waals surface area (Å²) >= 11 is 0. The van der Waals surface area contributed by atoms with Gasteiger partial charge in [0.05, 0.1) is 17.5 Å². The molecule has 1 N–H and O–H groups in total. The number of hydrogen-bond donors (Lipinski definition) is 1. The van der Waals surface area contributed by atoms with Crippen molar-refractivity contribution < 1.29 is 13.2 Å². The number of aromatic amines is 1. The lowest BCUT2D eigenvalue weighted by atomic mass is 10.0. The molecule has 1 aromatic carbocycles. The predicted molar refractivity (Wildman–Crippen MR) is 99.4 cm³/mol. The zero-order valence-electron chi connectivity index (χ0n) is 14.6. The minimum atomic E-state index is -3.09. The summed E-state index contributed by atoms with van der Waals surface area (Å²) in [6, 6.07) is 8.11. The van der Waals surface area contributed by atoms with Crippen LogP contribution in [0.1, 0.15) is 18.4 Å². The van der Waals surface area contributed by atoms with Gasteiger partial charge in [-0.1, -0.05) is 6.07 Å². The van der Waals surface area contributed by atoms with E-state index >= 15 is 0 Å². The number of hydrogen-bond acceptors (Lipinski definition) is 4. The Morgan fingerprint density at radius 2 is 1.92 bits per heavy atom. The summed E-state index contributed by atoms with van der Waals surface area (Å²) in [6.07, 6.45) is 3.84. The van der Waals surface area contributed by atoms with Crippen molar-refractivity contribution in [2.75, 3.05) is 24.6 Å². The van der Waals surface area contributed by atoms with Crippen LogP contribution in [0.15, 0.2) is 30.5 Å². The molecule has 2 saturated heterocycles. The predicted octanol–water partition coefficient (Wildman–Crippen LogP) is 1.39. The number of sulfone groups is 1. The van der Waals surface area contributed by atoms with Crippen LogP contribution in [0.2, 0.25) is 0 Å². The standard InChI is InChI=1S/C19H23N3O3S/c23-19(14-2-3-14)22-8-7-21(17-11-26(24,25)12-18(17)22)10-13-1-4-16-15(9-13)5-6-20-16/h1,4-6,9,14,17-18,20H,2-3,7-8,10-12H2/t17-,18+/m1/s1. The van der Waals surface area contributed by atoms with Gasteiger partial charge in [0.15, 0.2) is 9.84 Å². The van der Waals surface area contributed by atoms with Gasteiger partial charge >= 0.3 is 0 Å². The van der Waals surface area contributed by atoms with Crippen LogP contribution in [0.4, 0.5) is 0 Å². The number of carbonyl (C=O) groups excluding carboxylic acids is 1. The molecular formula is C19H23N3O3S. The lowest BCUT2D eigenvalue weighted by Crippen LogP contribution is -2.60. The molecule has 7 heteroatoms. The zero-order valence-corrected chi connectivity index (χ0v) is 15.4. The Labute approximate surface area is 153 Å². The van der Waals surface area contributed by atoms with Crippen LogP contribution in [0.3, 0.4) is 0 Å². The van der Waals surface area contributed by atoms with E-state index in [-0.39, 0.29) is 35.4 Å². The number of H-pyrrole nitrogens is 1. The number of nitrogens with one attached hydrogen (secondary N) is 1. The quantitative estimate of drug-likeness (QED) is 0.882. The molecule has 0 spiro atoms. The largest absolute Gasteiger partial charge is 0.361 e. The molecule has 3 heterocycles. The number of rotatable bonds is 3. The second kappa shape index (κ2) is 5.82. The zero-order chi connectivity index (χ0) is 17.9. The highest BCUT2D eigenvalue weighted by Crippen LogP contribution is 2.35. The summed E-state index contributed by atoms with van der Waals surface area (Å²) in [7, 11) is -3.09. The van der Waals surface area contributed by atoms with E-state index in [1.165, 1.54) is 10.9 Å². The van der Waals surface area contributed by atoms with Gasteiger partial charge in [-0.2, -0.15) is 0 Å². The van der Waals surface area contributed by atoms with E-state index < -0.39 is 9.84 Å². The highest BCUT2D eigenvalue weighted by molar-refractivity contribution is 7.91. The molecule has 1 aliphatic carbocycles. The van der Waals surface area contributed by atoms with E-state index in [2.05, 4.69) is 28.1 Å². The molecule has 2 atom stereocenters. The molecule has 138 valence electrons. The summed E-state index contributed by atoms with van der Waals surface area (Å²) in [5.74, 6) is 0.592. The fourth-order valence-electron chi connectivity index (χ4n) is 4.50. The average Bonchev–Trinajstić information content (AvgIpc) is 3.25. The van der Waals surface area contributed by atoms with Gasteiger partial charge in [0.2, 0.25) is 5.91 Å².